The van der Waals surface area contributed by atoms with Crippen LogP contribution in [0.1, 0.15) is 29.3 Å². The number of likely N-dealkylation sites (tertiary alicyclic amines) is 1. The summed E-state index contributed by atoms with van der Waals surface area (Å²) in [6.45, 7) is 6.25. The van der Waals surface area contributed by atoms with Crippen LogP contribution in [0.2, 0.25) is 0 Å². The Morgan fingerprint density at radius 1 is 1.37 bits per heavy atom. The van der Waals surface area contributed by atoms with E-state index in [1.165, 1.54) is 34.1 Å². The molecule has 2 unspecified atom stereocenters. The van der Waals surface area contributed by atoms with Crippen molar-refractivity contribution in [3.63, 3.8) is 0 Å². The molecule has 2 heterocycles. The SMILES string of the molecule is Cc1[nH]c2c(C3CC(CN)CN3C)cccc2c1C. The van der Waals surface area contributed by atoms with Crippen molar-refractivity contribution in [2.45, 2.75) is 26.3 Å². The van der Waals surface area contributed by atoms with Crippen LogP contribution >= 0.6 is 0 Å². The Hall–Kier alpha value is -1.32. The quantitative estimate of drug-likeness (QED) is 0.869. The molecule has 0 aliphatic carbocycles. The second kappa shape index (κ2) is 4.66. The number of H-pyrrole nitrogens is 1. The normalized spacial score (nSPS) is 24.4. The molecule has 1 aromatic heterocycles. The molecule has 1 saturated heterocycles. The van der Waals surface area contributed by atoms with Crippen LogP contribution in [-0.2, 0) is 0 Å². The van der Waals surface area contributed by atoms with E-state index in [0.717, 1.165) is 13.1 Å². The first-order valence-corrected chi connectivity index (χ1v) is 7.10. The third kappa shape index (κ3) is 1.97. The summed E-state index contributed by atoms with van der Waals surface area (Å²) in [4.78, 5) is 6.01. The lowest BCUT2D eigenvalue weighted by molar-refractivity contribution is 0.315. The van der Waals surface area contributed by atoms with Crippen LogP contribution in [0.5, 0.6) is 0 Å². The Balaban J connectivity index is 2.08. The molecule has 1 fully saturated rings. The molecule has 0 spiro atoms. The van der Waals surface area contributed by atoms with E-state index in [4.69, 9.17) is 5.73 Å². The number of para-hydroxylation sites is 1. The molecule has 0 amide bonds. The van der Waals surface area contributed by atoms with Gasteiger partial charge in [0, 0.05) is 23.7 Å². The number of hydrogen-bond acceptors (Lipinski definition) is 2. The van der Waals surface area contributed by atoms with Crippen molar-refractivity contribution in [2.24, 2.45) is 11.7 Å². The van der Waals surface area contributed by atoms with E-state index < -0.39 is 0 Å². The van der Waals surface area contributed by atoms with Crippen molar-refractivity contribution in [1.29, 1.82) is 0 Å². The number of aromatic nitrogens is 1. The summed E-state index contributed by atoms with van der Waals surface area (Å²) in [6.07, 6.45) is 1.17. The first-order valence-electron chi connectivity index (χ1n) is 7.10. The van der Waals surface area contributed by atoms with Crippen molar-refractivity contribution in [3.05, 3.63) is 35.0 Å². The lowest BCUT2D eigenvalue weighted by atomic mass is 9.97. The predicted octanol–water partition coefficient (Wildman–Crippen LogP) is 2.74. The summed E-state index contributed by atoms with van der Waals surface area (Å²) < 4.78 is 0. The number of benzene rings is 1. The van der Waals surface area contributed by atoms with Crippen molar-refractivity contribution in [1.82, 2.24) is 9.88 Å². The van der Waals surface area contributed by atoms with Crippen LogP contribution in [0.3, 0.4) is 0 Å². The average Bonchev–Trinajstić information content (AvgIpc) is 2.91. The number of nitrogens with zero attached hydrogens (tertiary/aromatic N) is 1. The summed E-state index contributed by atoms with van der Waals surface area (Å²) in [6, 6.07) is 7.15. The van der Waals surface area contributed by atoms with Gasteiger partial charge < -0.3 is 10.7 Å². The number of nitrogens with two attached hydrogens (primary N) is 1. The highest BCUT2D eigenvalue weighted by Crippen LogP contribution is 2.37. The number of nitrogens with one attached hydrogen (secondary N) is 1. The molecule has 3 heteroatoms. The van der Waals surface area contributed by atoms with Crippen LogP contribution in [-0.4, -0.2) is 30.0 Å². The number of rotatable bonds is 2. The maximum Gasteiger partial charge on any atom is 0.0507 e. The molecule has 1 aromatic carbocycles. The molecule has 1 aliphatic heterocycles. The molecule has 3 N–H and O–H groups in total. The summed E-state index contributed by atoms with van der Waals surface area (Å²) in [7, 11) is 2.21. The molecule has 2 atom stereocenters. The van der Waals surface area contributed by atoms with E-state index in [1.807, 2.05) is 0 Å². The van der Waals surface area contributed by atoms with Gasteiger partial charge in [0.1, 0.15) is 0 Å². The molecule has 2 aromatic rings. The van der Waals surface area contributed by atoms with Gasteiger partial charge in [-0.1, -0.05) is 18.2 Å². The smallest absolute Gasteiger partial charge is 0.0507 e. The van der Waals surface area contributed by atoms with Crippen molar-refractivity contribution in [3.8, 4) is 0 Å². The molecule has 0 saturated carbocycles. The lowest BCUT2D eigenvalue weighted by Gasteiger charge is -2.20. The van der Waals surface area contributed by atoms with Crippen LogP contribution in [0.25, 0.3) is 10.9 Å². The van der Waals surface area contributed by atoms with Crippen molar-refractivity contribution >= 4 is 10.9 Å². The van der Waals surface area contributed by atoms with Gasteiger partial charge in [0.2, 0.25) is 0 Å². The number of aryl methyl sites for hydroxylation is 2. The minimum atomic E-state index is 0.495. The van der Waals surface area contributed by atoms with E-state index in [1.54, 1.807) is 0 Å². The average molecular weight is 257 g/mol. The Bertz CT molecular complexity index is 599. The summed E-state index contributed by atoms with van der Waals surface area (Å²) in [5.74, 6) is 0.627. The Morgan fingerprint density at radius 2 is 2.16 bits per heavy atom. The van der Waals surface area contributed by atoms with E-state index in [-0.39, 0.29) is 0 Å². The Labute approximate surface area is 114 Å². The monoisotopic (exact) mass is 257 g/mol. The Kier molecular flexibility index (Phi) is 3.11. The minimum absolute atomic E-state index is 0.495. The molecule has 3 rings (SSSR count). The van der Waals surface area contributed by atoms with Crippen molar-refractivity contribution < 1.29 is 0 Å². The number of hydrogen-bond donors (Lipinski definition) is 2. The topological polar surface area (TPSA) is 45.1 Å². The first-order chi connectivity index (χ1) is 9.11. The zero-order valence-corrected chi connectivity index (χ0v) is 12.0. The number of aromatic amines is 1. The molecular weight excluding hydrogens is 234 g/mol. The van der Waals surface area contributed by atoms with Crippen molar-refractivity contribution in [2.75, 3.05) is 20.1 Å². The highest BCUT2D eigenvalue weighted by molar-refractivity contribution is 5.87. The largest absolute Gasteiger partial charge is 0.358 e. The van der Waals surface area contributed by atoms with E-state index in [0.29, 0.717) is 12.0 Å². The highest BCUT2D eigenvalue weighted by atomic mass is 15.2. The maximum absolute atomic E-state index is 5.84. The molecule has 102 valence electrons. The fraction of sp³-hybridized carbons (Fsp3) is 0.500. The van der Waals surface area contributed by atoms with Gasteiger partial charge in [0.25, 0.3) is 0 Å². The van der Waals surface area contributed by atoms with Crippen LogP contribution in [0, 0.1) is 19.8 Å². The maximum atomic E-state index is 5.84. The summed E-state index contributed by atoms with van der Waals surface area (Å²) in [5, 5.41) is 1.36. The molecular formula is C16H23N3. The fourth-order valence-corrected chi connectivity index (χ4v) is 3.42. The standard InChI is InChI=1S/C16H23N3/c1-10-11(2)18-16-13(10)5-4-6-14(16)15-7-12(8-17)9-19(15)3/h4-6,12,15,18H,7-9,17H2,1-3H3. The van der Waals surface area contributed by atoms with E-state index in [2.05, 4.69) is 49.0 Å². The van der Waals surface area contributed by atoms with Gasteiger partial charge in [-0.2, -0.15) is 0 Å². The van der Waals surface area contributed by atoms with Gasteiger partial charge in [-0.15, -0.1) is 0 Å². The van der Waals surface area contributed by atoms with E-state index >= 15 is 0 Å². The summed E-state index contributed by atoms with van der Waals surface area (Å²) in [5.41, 5.74) is 11.2. The van der Waals surface area contributed by atoms with Crippen LogP contribution < -0.4 is 5.73 Å². The summed E-state index contributed by atoms with van der Waals surface area (Å²) >= 11 is 0. The molecule has 0 radical (unpaired) electrons. The lowest BCUT2D eigenvalue weighted by Crippen LogP contribution is -2.20. The van der Waals surface area contributed by atoms with Gasteiger partial charge in [-0.25, -0.2) is 0 Å². The zero-order valence-electron chi connectivity index (χ0n) is 12.0. The number of fused-ring (bicyclic) bond motifs is 1. The van der Waals surface area contributed by atoms with E-state index in [9.17, 15) is 0 Å². The third-order valence-electron chi connectivity index (χ3n) is 4.70. The molecule has 19 heavy (non-hydrogen) atoms. The van der Waals surface area contributed by atoms with Gasteiger partial charge in [-0.05, 0) is 50.9 Å². The predicted molar refractivity (Wildman–Crippen MR) is 80.3 cm³/mol. The van der Waals surface area contributed by atoms with Gasteiger partial charge in [-0.3, -0.25) is 4.90 Å². The van der Waals surface area contributed by atoms with Gasteiger partial charge in [0.15, 0.2) is 0 Å². The second-order valence-electron chi connectivity index (χ2n) is 5.94. The van der Waals surface area contributed by atoms with Crippen LogP contribution in [0.4, 0.5) is 0 Å². The second-order valence-corrected chi connectivity index (χ2v) is 5.94. The third-order valence-corrected chi connectivity index (χ3v) is 4.70. The van der Waals surface area contributed by atoms with Gasteiger partial charge >= 0.3 is 0 Å². The highest BCUT2D eigenvalue weighted by Gasteiger charge is 2.31. The molecule has 0 bridgehead atoms. The molecule has 3 nitrogen and oxygen atoms in total. The fourth-order valence-electron chi connectivity index (χ4n) is 3.42. The first kappa shape index (κ1) is 12.7. The van der Waals surface area contributed by atoms with Crippen LogP contribution in [0.15, 0.2) is 18.2 Å². The Morgan fingerprint density at radius 3 is 2.84 bits per heavy atom. The van der Waals surface area contributed by atoms with Gasteiger partial charge in [0.05, 0.1) is 5.52 Å². The zero-order chi connectivity index (χ0) is 13.6. The minimum Gasteiger partial charge on any atom is -0.358 e. The molecule has 1 aliphatic rings.